The largest absolute Gasteiger partial charge is 0.399 e. The molecule has 0 bridgehead atoms. The van der Waals surface area contributed by atoms with Crippen LogP contribution in [0, 0.1) is 5.82 Å². The van der Waals surface area contributed by atoms with Crippen LogP contribution in [0.25, 0.3) is 0 Å². The highest BCUT2D eigenvalue weighted by Gasteiger charge is 2.15. The molecule has 0 saturated carbocycles. The molecule has 0 aliphatic heterocycles. The van der Waals surface area contributed by atoms with Crippen molar-refractivity contribution in [2.24, 2.45) is 0 Å². The zero-order valence-corrected chi connectivity index (χ0v) is 11.2. The van der Waals surface area contributed by atoms with E-state index in [1.54, 1.807) is 11.0 Å². The maximum Gasteiger partial charge on any atom is 0.255 e. The third-order valence-corrected chi connectivity index (χ3v) is 2.95. The second-order valence-corrected chi connectivity index (χ2v) is 4.46. The van der Waals surface area contributed by atoms with E-state index in [-0.39, 0.29) is 11.5 Å². The molecular weight excluding hydrogens is 257 g/mol. The van der Waals surface area contributed by atoms with Gasteiger partial charge >= 0.3 is 0 Å². The Morgan fingerprint density at radius 3 is 2.80 bits per heavy atom. The summed E-state index contributed by atoms with van der Waals surface area (Å²) in [4.78, 5) is 17.6. The molecule has 104 valence electrons. The van der Waals surface area contributed by atoms with E-state index in [1.165, 1.54) is 12.3 Å². The van der Waals surface area contributed by atoms with Gasteiger partial charge < -0.3 is 10.6 Å². The van der Waals surface area contributed by atoms with Gasteiger partial charge in [-0.1, -0.05) is 12.1 Å². The van der Waals surface area contributed by atoms with Gasteiger partial charge in [-0.3, -0.25) is 9.78 Å². The highest BCUT2D eigenvalue weighted by Crippen LogP contribution is 2.12. The first-order valence-corrected chi connectivity index (χ1v) is 6.34. The fourth-order valence-electron chi connectivity index (χ4n) is 1.95. The van der Waals surface area contributed by atoms with Gasteiger partial charge in [-0.25, -0.2) is 4.39 Å². The van der Waals surface area contributed by atoms with Gasteiger partial charge in [0, 0.05) is 25.0 Å². The average Bonchev–Trinajstić information content (AvgIpc) is 2.44. The van der Waals surface area contributed by atoms with E-state index >= 15 is 0 Å². The molecular formula is C15H16FN3O. The van der Waals surface area contributed by atoms with Crippen molar-refractivity contribution in [2.75, 3.05) is 12.3 Å². The number of amides is 1. The van der Waals surface area contributed by atoms with Gasteiger partial charge in [0.25, 0.3) is 5.91 Å². The van der Waals surface area contributed by atoms with Crippen LogP contribution in [0.1, 0.15) is 22.8 Å². The van der Waals surface area contributed by atoms with E-state index in [9.17, 15) is 9.18 Å². The minimum Gasteiger partial charge on any atom is -0.399 e. The van der Waals surface area contributed by atoms with Gasteiger partial charge in [0.1, 0.15) is 5.82 Å². The van der Waals surface area contributed by atoms with Crippen LogP contribution in [0.3, 0.4) is 0 Å². The lowest BCUT2D eigenvalue weighted by Crippen LogP contribution is -2.30. The number of benzene rings is 1. The molecule has 0 aliphatic carbocycles. The Kier molecular flexibility index (Phi) is 4.30. The van der Waals surface area contributed by atoms with Crippen LogP contribution in [-0.4, -0.2) is 22.3 Å². The molecule has 1 amide bonds. The molecule has 1 aromatic heterocycles. The molecule has 2 N–H and O–H groups in total. The van der Waals surface area contributed by atoms with Crippen molar-refractivity contribution >= 4 is 11.6 Å². The van der Waals surface area contributed by atoms with Crippen molar-refractivity contribution in [3.8, 4) is 0 Å². The molecule has 1 aromatic carbocycles. The Morgan fingerprint density at radius 1 is 1.35 bits per heavy atom. The minimum absolute atomic E-state index is 0.246. The maximum absolute atomic E-state index is 13.1. The molecule has 20 heavy (non-hydrogen) atoms. The second-order valence-electron chi connectivity index (χ2n) is 4.46. The summed E-state index contributed by atoms with van der Waals surface area (Å²) < 4.78 is 13.1. The SMILES string of the molecule is CCN(Cc1cccc(N)c1)C(=O)c1cncc(F)c1. The van der Waals surface area contributed by atoms with E-state index in [1.807, 2.05) is 25.1 Å². The Hall–Kier alpha value is -2.43. The van der Waals surface area contributed by atoms with Crippen LogP contribution in [0.15, 0.2) is 42.7 Å². The molecule has 0 saturated heterocycles. The maximum atomic E-state index is 13.1. The van der Waals surface area contributed by atoms with E-state index in [0.29, 0.717) is 18.8 Å². The smallest absolute Gasteiger partial charge is 0.255 e. The molecule has 0 aliphatic rings. The summed E-state index contributed by atoms with van der Waals surface area (Å²) in [5, 5.41) is 0. The molecule has 1 heterocycles. The molecule has 4 nitrogen and oxygen atoms in total. The summed E-state index contributed by atoms with van der Waals surface area (Å²) in [6, 6.07) is 8.54. The molecule has 5 heteroatoms. The fourth-order valence-corrected chi connectivity index (χ4v) is 1.95. The summed E-state index contributed by atoms with van der Waals surface area (Å²) in [7, 11) is 0. The fraction of sp³-hybridized carbons (Fsp3) is 0.200. The first kappa shape index (κ1) is 14.0. The van der Waals surface area contributed by atoms with Crippen molar-refractivity contribution in [1.82, 2.24) is 9.88 Å². The minimum atomic E-state index is -0.518. The van der Waals surface area contributed by atoms with Gasteiger partial charge in [-0.05, 0) is 30.7 Å². The summed E-state index contributed by atoms with van der Waals surface area (Å²) >= 11 is 0. The molecule has 0 fully saturated rings. The Bertz CT molecular complexity index is 616. The van der Waals surface area contributed by atoms with Crippen molar-refractivity contribution in [2.45, 2.75) is 13.5 Å². The highest BCUT2D eigenvalue weighted by atomic mass is 19.1. The number of nitrogens with zero attached hydrogens (tertiary/aromatic N) is 2. The van der Waals surface area contributed by atoms with Crippen LogP contribution < -0.4 is 5.73 Å². The van der Waals surface area contributed by atoms with E-state index in [0.717, 1.165) is 11.8 Å². The summed E-state index contributed by atoms with van der Waals surface area (Å²) in [6.45, 7) is 2.82. The molecule has 0 atom stereocenters. The molecule has 2 aromatic rings. The van der Waals surface area contributed by atoms with Gasteiger partial charge in [0.2, 0.25) is 0 Å². The predicted octanol–water partition coefficient (Wildman–Crippen LogP) is 2.47. The lowest BCUT2D eigenvalue weighted by molar-refractivity contribution is 0.0751. The number of anilines is 1. The number of nitrogen functional groups attached to an aromatic ring is 1. The van der Waals surface area contributed by atoms with Gasteiger partial charge in [-0.2, -0.15) is 0 Å². The van der Waals surface area contributed by atoms with Crippen LogP contribution in [0.2, 0.25) is 0 Å². The van der Waals surface area contributed by atoms with Crippen molar-refractivity contribution in [3.05, 3.63) is 59.7 Å². The topological polar surface area (TPSA) is 59.2 Å². The zero-order valence-electron chi connectivity index (χ0n) is 11.2. The third-order valence-electron chi connectivity index (χ3n) is 2.95. The number of halogens is 1. The van der Waals surface area contributed by atoms with Crippen LogP contribution in [0.5, 0.6) is 0 Å². The normalized spacial score (nSPS) is 10.3. The predicted molar refractivity (Wildman–Crippen MR) is 75.5 cm³/mol. The van der Waals surface area contributed by atoms with Crippen LogP contribution >= 0.6 is 0 Å². The quantitative estimate of drug-likeness (QED) is 0.870. The van der Waals surface area contributed by atoms with Crippen LogP contribution in [0.4, 0.5) is 10.1 Å². The molecule has 0 unspecified atom stereocenters. The first-order chi connectivity index (χ1) is 9.60. The summed E-state index contributed by atoms with van der Waals surface area (Å²) in [5.41, 5.74) is 7.55. The van der Waals surface area contributed by atoms with Gasteiger partial charge in [0.05, 0.1) is 11.8 Å². The number of aromatic nitrogens is 1. The number of hydrogen-bond acceptors (Lipinski definition) is 3. The van der Waals surface area contributed by atoms with Crippen molar-refractivity contribution < 1.29 is 9.18 Å². The van der Waals surface area contributed by atoms with Crippen molar-refractivity contribution in [1.29, 1.82) is 0 Å². The summed E-state index contributed by atoms with van der Waals surface area (Å²) in [5.74, 6) is -0.766. The number of carbonyl (C=O) groups excluding carboxylic acids is 1. The first-order valence-electron chi connectivity index (χ1n) is 6.34. The van der Waals surface area contributed by atoms with E-state index in [2.05, 4.69) is 4.98 Å². The highest BCUT2D eigenvalue weighted by molar-refractivity contribution is 5.93. The Labute approximate surface area is 117 Å². The number of nitrogens with two attached hydrogens (primary N) is 1. The van der Waals surface area contributed by atoms with Crippen molar-refractivity contribution in [3.63, 3.8) is 0 Å². The number of carbonyl (C=O) groups is 1. The van der Waals surface area contributed by atoms with E-state index < -0.39 is 5.82 Å². The average molecular weight is 273 g/mol. The lowest BCUT2D eigenvalue weighted by atomic mass is 10.1. The number of hydrogen-bond donors (Lipinski definition) is 1. The Morgan fingerprint density at radius 2 is 2.15 bits per heavy atom. The van der Waals surface area contributed by atoms with Gasteiger partial charge in [-0.15, -0.1) is 0 Å². The lowest BCUT2D eigenvalue weighted by Gasteiger charge is -2.21. The standard InChI is InChI=1S/C15H16FN3O/c1-2-19(10-11-4-3-5-14(17)6-11)15(20)12-7-13(16)9-18-8-12/h3-9H,2,10,17H2,1H3. The number of pyridine rings is 1. The summed E-state index contributed by atoms with van der Waals surface area (Å²) in [6.07, 6.45) is 2.44. The second kappa shape index (κ2) is 6.14. The van der Waals surface area contributed by atoms with Crippen LogP contribution in [-0.2, 0) is 6.54 Å². The van der Waals surface area contributed by atoms with E-state index in [4.69, 9.17) is 5.73 Å². The molecule has 0 spiro atoms. The zero-order chi connectivity index (χ0) is 14.5. The Balaban J connectivity index is 2.18. The number of rotatable bonds is 4. The molecule has 2 rings (SSSR count). The molecule has 0 radical (unpaired) electrons. The third kappa shape index (κ3) is 3.32. The monoisotopic (exact) mass is 273 g/mol. The van der Waals surface area contributed by atoms with Gasteiger partial charge in [0.15, 0.2) is 0 Å².